The van der Waals surface area contributed by atoms with Gasteiger partial charge >= 0.3 is 5.69 Å². The molecule has 116 valence electrons. The summed E-state index contributed by atoms with van der Waals surface area (Å²) in [6.45, 7) is 8.09. The van der Waals surface area contributed by atoms with Gasteiger partial charge in [0.05, 0.1) is 0 Å². The van der Waals surface area contributed by atoms with Crippen LogP contribution < -0.4 is 17.0 Å². The molecule has 0 atom stereocenters. The van der Waals surface area contributed by atoms with Crippen LogP contribution in [0.15, 0.2) is 9.59 Å². The molecule has 0 saturated heterocycles. The summed E-state index contributed by atoms with van der Waals surface area (Å²) in [5.74, 6) is 0.705. The zero-order chi connectivity index (χ0) is 15.9. The van der Waals surface area contributed by atoms with Crippen molar-refractivity contribution in [2.75, 3.05) is 0 Å². The molecule has 0 unspecified atom stereocenters. The largest absolute Gasteiger partial charge is 0.332 e. The van der Waals surface area contributed by atoms with Gasteiger partial charge in [-0.2, -0.15) is 0 Å². The van der Waals surface area contributed by atoms with Crippen molar-refractivity contribution in [2.24, 2.45) is 12.8 Å². The third-order valence-electron chi connectivity index (χ3n) is 3.48. The lowest BCUT2D eigenvalue weighted by molar-refractivity contribution is 0.407. The van der Waals surface area contributed by atoms with Crippen molar-refractivity contribution in [2.45, 2.75) is 52.7 Å². The highest BCUT2D eigenvalue weighted by Crippen LogP contribution is 2.10. The first-order valence-corrected chi connectivity index (χ1v) is 7.13. The molecule has 2 aromatic rings. The summed E-state index contributed by atoms with van der Waals surface area (Å²) in [5.41, 5.74) is 5.58. The minimum absolute atomic E-state index is 0.175. The van der Waals surface area contributed by atoms with E-state index in [2.05, 4.69) is 4.98 Å². The minimum atomic E-state index is -0.644. The van der Waals surface area contributed by atoms with E-state index in [1.807, 2.05) is 13.8 Å². The Morgan fingerprint density at radius 3 is 2.38 bits per heavy atom. The molecule has 0 aromatic carbocycles. The molecule has 0 amide bonds. The number of rotatable bonds is 4. The van der Waals surface area contributed by atoms with E-state index in [9.17, 15) is 9.59 Å². The van der Waals surface area contributed by atoms with Gasteiger partial charge in [0.2, 0.25) is 0 Å². The Morgan fingerprint density at radius 2 is 1.86 bits per heavy atom. The molecule has 7 nitrogen and oxygen atoms in total. The first-order valence-electron chi connectivity index (χ1n) is 7.13. The standard InChI is InChI=1S/C14H23N5O2/c1-6-7-18-11-10(17(5)9(2)16-11)12(20)19(13(18)21)8-14(3,4)15/h6-8,15H2,1-5H3. The number of aryl methyl sites for hydroxylation is 3. The molecular weight excluding hydrogens is 270 g/mol. The quantitative estimate of drug-likeness (QED) is 0.881. The van der Waals surface area contributed by atoms with Crippen LogP contribution in [-0.4, -0.2) is 24.2 Å². The zero-order valence-electron chi connectivity index (χ0n) is 13.3. The van der Waals surface area contributed by atoms with Gasteiger partial charge in [-0.05, 0) is 27.2 Å². The third kappa shape index (κ3) is 2.65. The first kappa shape index (κ1) is 15.5. The lowest BCUT2D eigenvalue weighted by Gasteiger charge is -2.20. The molecule has 2 rings (SSSR count). The Bertz CT molecular complexity index is 789. The van der Waals surface area contributed by atoms with Crippen molar-refractivity contribution >= 4 is 11.2 Å². The molecule has 0 fully saturated rings. The van der Waals surface area contributed by atoms with E-state index in [0.29, 0.717) is 23.5 Å². The molecule has 0 bridgehead atoms. The van der Waals surface area contributed by atoms with Crippen LogP contribution in [0.4, 0.5) is 0 Å². The fourth-order valence-corrected chi connectivity index (χ4v) is 2.44. The maximum atomic E-state index is 12.7. The van der Waals surface area contributed by atoms with Crippen LogP contribution in [0.25, 0.3) is 11.2 Å². The van der Waals surface area contributed by atoms with Crippen LogP contribution in [0.2, 0.25) is 0 Å². The predicted molar refractivity (Wildman–Crippen MR) is 82.5 cm³/mol. The third-order valence-corrected chi connectivity index (χ3v) is 3.48. The smallest absolute Gasteiger partial charge is 0.325 e. The average molecular weight is 293 g/mol. The fourth-order valence-electron chi connectivity index (χ4n) is 2.44. The normalized spacial score (nSPS) is 12.3. The van der Waals surface area contributed by atoms with E-state index in [0.717, 1.165) is 6.42 Å². The summed E-state index contributed by atoms with van der Waals surface area (Å²) in [6.07, 6.45) is 0.787. The molecule has 0 aliphatic rings. The second-order valence-corrected chi connectivity index (χ2v) is 6.20. The Morgan fingerprint density at radius 1 is 1.24 bits per heavy atom. The number of hydrogen-bond acceptors (Lipinski definition) is 4. The molecule has 7 heteroatoms. The number of imidazole rings is 1. The van der Waals surface area contributed by atoms with E-state index < -0.39 is 5.54 Å². The summed E-state index contributed by atoms with van der Waals surface area (Å²) in [5, 5.41) is 0. The van der Waals surface area contributed by atoms with Crippen molar-refractivity contribution in [3.8, 4) is 0 Å². The Labute approximate surface area is 123 Å². The summed E-state index contributed by atoms with van der Waals surface area (Å²) in [7, 11) is 1.78. The highest BCUT2D eigenvalue weighted by atomic mass is 16.2. The molecular formula is C14H23N5O2. The Kier molecular flexibility index (Phi) is 3.79. The summed E-state index contributed by atoms with van der Waals surface area (Å²) in [6, 6.07) is 0. The molecule has 2 heterocycles. The predicted octanol–water partition coefficient (Wildman–Crippen LogP) is 0.352. The van der Waals surface area contributed by atoms with Crippen LogP contribution in [0.3, 0.4) is 0 Å². The second-order valence-electron chi connectivity index (χ2n) is 6.20. The Balaban J connectivity index is 2.90. The SMILES string of the molecule is CCCn1c(=O)n(CC(C)(C)N)c(=O)c2c1nc(C)n2C. The second kappa shape index (κ2) is 5.14. The van der Waals surface area contributed by atoms with Crippen LogP contribution in [0.1, 0.15) is 33.0 Å². The van der Waals surface area contributed by atoms with Crippen LogP contribution >= 0.6 is 0 Å². The van der Waals surface area contributed by atoms with Crippen molar-refractivity contribution in [1.29, 1.82) is 0 Å². The van der Waals surface area contributed by atoms with E-state index >= 15 is 0 Å². The topological polar surface area (TPSA) is 87.8 Å². The summed E-state index contributed by atoms with van der Waals surface area (Å²) >= 11 is 0. The van der Waals surface area contributed by atoms with Crippen LogP contribution in [0.5, 0.6) is 0 Å². The molecule has 2 N–H and O–H groups in total. The van der Waals surface area contributed by atoms with Crippen LogP contribution in [0, 0.1) is 6.92 Å². The van der Waals surface area contributed by atoms with Gasteiger partial charge in [0, 0.05) is 25.7 Å². The van der Waals surface area contributed by atoms with E-state index in [1.54, 1.807) is 30.0 Å². The van der Waals surface area contributed by atoms with Gasteiger partial charge in [-0.25, -0.2) is 9.78 Å². The molecule has 0 spiro atoms. The molecule has 0 radical (unpaired) electrons. The minimum Gasteiger partial charge on any atom is -0.325 e. The number of hydrogen-bond donors (Lipinski definition) is 1. The summed E-state index contributed by atoms with van der Waals surface area (Å²) < 4.78 is 4.51. The highest BCUT2D eigenvalue weighted by molar-refractivity contribution is 5.70. The fraction of sp³-hybridized carbons (Fsp3) is 0.643. The van der Waals surface area contributed by atoms with E-state index in [4.69, 9.17) is 5.73 Å². The van der Waals surface area contributed by atoms with Gasteiger partial charge in [-0.3, -0.25) is 13.9 Å². The number of aromatic nitrogens is 4. The molecule has 0 aliphatic carbocycles. The van der Waals surface area contributed by atoms with Gasteiger partial charge in [-0.15, -0.1) is 0 Å². The van der Waals surface area contributed by atoms with Crippen molar-refractivity contribution in [3.05, 3.63) is 26.7 Å². The maximum absolute atomic E-state index is 12.7. The van der Waals surface area contributed by atoms with Gasteiger partial charge < -0.3 is 10.3 Å². The lowest BCUT2D eigenvalue weighted by atomic mass is 10.1. The molecule has 0 aliphatic heterocycles. The number of nitrogens with two attached hydrogens (primary N) is 1. The van der Waals surface area contributed by atoms with Crippen molar-refractivity contribution in [1.82, 2.24) is 18.7 Å². The van der Waals surface area contributed by atoms with Gasteiger partial charge in [-0.1, -0.05) is 6.92 Å². The van der Waals surface area contributed by atoms with Gasteiger partial charge in [0.15, 0.2) is 11.2 Å². The molecule has 0 saturated carbocycles. The molecule has 21 heavy (non-hydrogen) atoms. The monoisotopic (exact) mass is 293 g/mol. The van der Waals surface area contributed by atoms with Gasteiger partial charge in [0.25, 0.3) is 5.56 Å². The summed E-state index contributed by atoms with van der Waals surface area (Å²) in [4.78, 5) is 29.6. The van der Waals surface area contributed by atoms with E-state index in [1.165, 1.54) is 4.57 Å². The zero-order valence-corrected chi connectivity index (χ0v) is 13.3. The number of nitrogens with zero attached hydrogens (tertiary/aromatic N) is 4. The van der Waals surface area contributed by atoms with E-state index in [-0.39, 0.29) is 17.8 Å². The van der Waals surface area contributed by atoms with Crippen molar-refractivity contribution < 1.29 is 0 Å². The highest BCUT2D eigenvalue weighted by Gasteiger charge is 2.21. The average Bonchev–Trinajstić information content (AvgIpc) is 2.66. The van der Waals surface area contributed by atoms with Gasteiger partial charge in [0.1, 0.15) is 5.82 Å². The molecule has 2 aromatic heterocycles. The maximum Gasteiger partial charge on any atom is 0.332 e. The number of fused-ring (bicyclic) bond motifs is 1. The van der Waals surface area contributed by atoms with Crippen LogP contribution in [-0.2, 0) is 20.1 Å². The lowest BCUT2D eigenvalue weighted by Crippen LogP contribution is -2.48. The van der Waals surface area contributed by atoms with Crippen molar-refractivity contribution in [3.63, 3.8) is 0 Å². The first-order chi connectivity index (χ1) is 9.67. The Hall–Kier alpha value is -1.89.